The van der Waals surface area contributed by atoms with E-state index in [0.29, 0.717) is 18.8 Å². The van der Waals surface area contributed by atoms with Crippen molar-refractivity contribution >= 4 is 20.4 Å². The van der Waals surface area contributed by atoms with Crippen molar-refractivity contribution in [2.75, 3.05) is 25.4 Å². The minimum absolute atomic E-state index is 0.493. The van der Waals surface area contributed by atoms with Crippen molar-refractivity contribution in [1.82, 2.24) is 0 Å². The largest absolute Gasteiger partial charge is 0.492 e. The number of rotatable bonds is 8. The zero-order chi connectivity index (χ0) is 15.9. The van der Waals surface area contributed by atoms with Crippen LogP contribution in [0, 0.1) is 11.3 Å². The van der Waals surface area contributed by atoms with Gasteiger partial charge in [-0.05, 0) is 37.5 Å². The van der Waals surface area contributed by atoms with E-state index in [1.165, 1.54) is 0 Å². The van der Waals surface area contributed by atoms with Crippen LogP contribution in [0.15, 0.2) is 29.2 Å². The summed E-state index contributed by atoms with van der Waals surface area (Å²) < 4.78 is 33.7. The highest BCUT2D eigenvalue weighted by molar-refractivity contribution is 8.32. The number of nitriles is 1. The lowest BCUT2D eigenvalue weighted by atomic mass is 10.2. The Morgan fingerprint density at radius 1 is 1.14 bits per heavy atom. The first-order valence-corrected chi connectivity index (χ1v) is 10.7. The van der Waals surface area contributed by atoms with Crippen LogP contribution in [0.4, 0.5) is 0 Å². The van der Waals surface area contributed by atoms with Crippen LogP contribution in [0.3, 0.4) is 0 Å². The van der Waals surface area contributed by atoms with Crippen molar-refractivity contribution in [3.05, 3.63) is 24.3 Å². The fourth-order valence-electron chi connectivity index (χ4n) is 1.81. The van der Waals surface area contributed by atoms with Gasteiger partial charge < -0.3 is 4.74 Å². The lowest BCUT2D eigenvalue weighted by Gasteiger charge is -2.31. The van der Waals surface area contributed by atoms with E-state index in [1.807, 2.05) is 18.2 Å². The zero-order valence-electron chi connectivity index (χ0n) is 12.5. The molecule has 1 aromatic carbocycles. The third-order valence-electron chi connectivity index (χ3n) is 2.61. The maximum absolute atomic E-state index is 11.4. The van der Waals surface area contributed by atoms with E-state index in [0.717, 1.165) is 24.0 Å². The third-order valence-corrected chi connectivity index (χ3v) is 6.36. The predicted molar refractivity (Wildman–Crippen MR) is 85.0 cm³/mol. The summed E-state index contributed by atoms with van der Waals surface area (Å²) in [7, 11) is -5.50. The quantitative estimate of drug-likeness (QED) is 0.684. The van der Waals surface area contributed by atoms with E-state index < -0.39 is 20.4 Å². The molecule has 0 spiro atoms. The van der Waals surface area contributed by atoms with Gasteiger partial charge in [0, 0.05) is 6.42 Å². The number of unbranched alkanes of at least 4 members (excludes halogenated alkanes) is 2. The molecule has 0 radical (unpaired) electrons. The van der Waals surface area contributed by atoms with Gasteiger partial charge in [-0.3, -0.25) is 0 Å². The van der Waals surface area contributed by atoms with Crippen LogP contribution in [0.2, 0.25) is 0 Å². The molecule has 0 bridgehead atoms. The molecule has 0 atom stereocenters. The molecule has 0 amide bonds. The molecular formula is C14H21NO4S2. The second-order valence-corrected chi connectivity index (χ2v) is 9.77. The van der Waals surface area contributed by atoms with Gasteiger partial charge in [-0.25, -0.2) is 3.63 Å². The minimum atomic E-state index is -3.53. The number of hydrogen-bond acceptors (Lipinski definition) is 5. The molecule has 0 aromatic heterocycles. The van der Waals surface area contributed by atoms with Gasteiger partial charge in [0.15, 0.2) is 0 Å². The van der Waals surface area contributed by atoms with Gasteiger partial charge in [-0.1, -0.05) is 22.4 Å². The van der Waals surface area contributed by atoms with Gasteiger partial charge in [0.2, 0.25) is 0 Å². The molecule has 0 unspecified atom stereocenters. The average molecular weight is 331 g/mol. The van der Waals surface area contributed by atoms with Crippen LogP contribution in [0.5, 0.6) is 5.75 Å². The van der Waals surface area contributed by atoms with Gasteiger partial charge >= 0.3 is 0 Å². The predicted octanol–water partition coefficient (Wildman–Crippen LogP) is 3.07. The van der Waals surface area contributed by atoms with Crippen molar-refractivity contribution in [2.24, 2.45) is 0 Å². The number of benzene rings is 1. The lowest BCUT2D eigenvalue weighted by molar-refractivity contribution is 0.300. The standard InChI is InChI=1S/C14H21NO4S2/c1-20(2,19-21(3,16)17)14-10-6-5-9-13(14)18-12-8-4-7-11-15/h5-6,9-10H,4,7-8,12H2,1-3H3. The Kier molecular flexibility index (Phi) is 6.52. The van der Waals surface area contributed by atoms with Gasteiger partial charge in [-0.15, -0.1) is 0 Å². The fraction of sp³-hybridized carbons (Fsp3) is 0.500. The molecule has 0 aliphatic heterocycles. The molecule has 0 fully saturated rings. The molecule has 0 saturated heterocycles. The SMILES string of the molecule is CS(C)(OS(C)(=O)=O)c1ccccc1OCCCCC#N. The molecule has 0 aliphatic rings. The summed E-state index contributed by atoms with van der Waals surface area (Å²) in [5, 5.41) is 8.48. The summed E-state index contributed by atoms with van der Waals surface area (Å²) in [6.07, 6.45) is 6.67. The molecule has 0 saturated carbocycles. The van der Waals surface area contributed by atoms with E-state index in [2.05, 4.69) is 6.07 Å². The molecule has 0 aliphatic carbocycles. The summed E-state index contributed by atoms with van der Waals surface area (Å²) >= 11 is 0. The Hall–Kier alpha value is -1.23. The van der Waals surface area contributed by atoms with Crippen molar-refractivity contribution in [3.63, 3.8) is 0 Å². The van der Waals surface area contributed by atoms with Crippen molar-refractivity contribution < 1.29 is 16.8 Å². The maximum atomic E-state index is 11.4. The first-order chi connectivity index (χ1) is 9.76. The smallest absolute Gasteiger partial charge is 0.273 e. The Bertz CT molecular complexity index is 606. The van der Waals surface area contributed by atoms with Crippen LogP contribution in [0.1, 0.15) is 19.3 Å². The van der Waals surface area contributed by atoms with Crippen LogP contribution in [-0.4, -0.2) is 33.8 Å². The second-order valence-electron chi connectivity index (χ2n) is 4.92. The van der Waals surface area contributed by atoms with Crippen LogP contribution in [-0.2, 0) is 13.7 Å². The van der Waals surface area contributed by atoms with Gasteiger partial charge in [-0.2, -0.15) is 13.7 Å². The number of para-hydroxylation sites is 1. The number of ether oxygens (including phenoxy) is 1. The first-order valence-electron chi connectivity index (χ1n) is 6.49. The van der Waals surface area contributed by atoms with E-state index in [4.69, 9.17) is 13.6 Å². The van der Waals surface area contributed by atoms with Gasteiger partial charge in [0.05, 0.1) is 23.8 Å². The highest BCUT2D eigenvalue weighted by Gasteiger charge is 2.24. The first kappa shape index (κ1) is 17.8. The summed E-state index contributed by atoms with van der Waals surface area (Å²) in [4.78, 5) is 0.760. The highest BCUT2D eigenvalue weighted by atomic mass is 32.3. The van der Waals surface area contributed by atoms with E-state index in [1.54, 1.807) is 18.6 Å². The Morgan fingerprint density at radius 2 is 1.81 bits per heavy atom. The molecule has 1 aromatic rings. The third kappa shape index (κ3) is 6.38. The summed E-state index contributed by atoms with van der Waals surface area (Å²) in [6.45, 7) is 0.493. The Balaban J connectivity index is 2.81. The Labute approximate surface area is 128 Å². The van der Waals surface area contributed by atoms with Gasteiger partial charge in [0.25, 0.3) is 10.1 Å². The molecular weight excluding hydrogens is 310 g/mol. The lowest BCUT2D eigenvalue weighted by Crippen LogP contribution is -2.10. The van der Waals surface area contributed by atoms with Crippen LogP contribution in [0.25, 0.3) is 0 Å². The Morgan fingerprint density at radius 3 is 2.43 bits per heavy atom. The fourth-order valence-corrected chi connectivity index (χ4v) is 5.59. The normalized spacial score (nSPS) is 12.7. The van der Waals surface area contributed by atoms with E-state index in [9.17, 15) is 8.42 Å². The zero-order valence-corrected chi connectivity index (χ0v) is 14.2. The molecule has 0 heterocycles. The van der Waals surface area contributed by atoms with Crippen molar-refractivity contribution in [1.29, 1.82) is 5.26 Å². The van der Waals surface area contributed by atoms with Crippen molar-refractivity contribution in [3.8, 4) is 11.8 Å². The minimum Gasteiger partial charge on any atom is -0.492 e. The average Bonchev–Trinajstić information content (AvgIpc) is 2.36. The molecule has 21 heavy (non-hydrogen) atoms. The molecule has 7 heteroatoms. The molecule has 0 N–H and O–H groups in total. The summed E-state index contributed by atoms with van der Waals surface area (Å²) in [5.41, 5.74) is 0. The monoisotopic (exact) mass is 331 g/mol. The molecule has 5 nitrogen and oxygen atoms in total. The molecule has 118 valence electrons. The summed E-state index contributed by atoms with van der Waals surface area (Å²) in [5.74, 6) is 0.637. The number of nitrogens with zero attached hydrogens (tertiary/aromatic N) is 1. The van der Waals surface area contributed by atoms with E-state index >= 15 is 0 Å². The number of hydrogen-bond donors (Lipinski definition) is 0. The van der Waals surface area contributed by atoms with Crippen LogP contribution >= 0.6 is 10.3 Å². The maximum Gasteiger partial charge on any atom is 0.273 e. The van der Waals surface area contributed by atoms with Gasteiger partial charge in [0.1, 0.15) is 5.75 Å². The highest BCUT2D eigenvalue weighted by Crippen LogP contribution is 2.55. The second kappa shape index (κ2) is 7.69. The van der Waals surface area contributed by atoms with Crippen LogP contribution < -0.4 is 4.74 Å². The van der Waals surface area contributed by atoms with E-state index in [-0.39, 0.29) is 0 Å². The summed E-state index contributed by atoms with van der Waals surface area (Å²) in [6, 6.07) is 9.39. The van der Waals surface area contributed by atoms with Crippen molar-refractivity contribution in [2.45, 2.75) is 24.2 Å². The molecule has 1 rings (SSSR count). The topological polar surface area (TPSA) is 76.4 Å².